The lowest BCUT2D eigenvalue weighted by Crippen LogP contribution is -2.61. The van der Waals surface area contributed by atoms with Crippen molar-refractivity contribution in [2.45, 2.75) is 51.3 Å². The van der Waals surface area contributed by atoms with E-state index >= 15 is 0 Å². The van der Waals surface area contributed by atoms with E-state index in [0.29, 0.717) is 6.61 Å². The molecule has 0 aromatic carbocycles. The van der Waals surface area contributed by atoms with E-state index in [-0.39, 0.29) is 11.5 Å². The van der Waals surface area contributed by atoms with Gasteiger partial charge in [0.15, 0.2) is 0 Å². The first-order valence-corrected chi connectivity index (χ1v) is 7.11. The topological polar surface area (TPSA) is 58.7 Å². The van der Waals surface area contributed by atoms with Crippen LogP contribution < -0.4 is 5.73 Å². The number of rotatable bonds is 4. The Hall–Kier alpha value is -0.860. The zero-order valence-corrected chi connectivity index (χ0v) is 11.6. The highest BCUT2D eigenvalue weighted by atomic mass is 16.7. The highest BCUT2D eigenvalue weighted by Crippen LogP contribution is 2.51. The molecule has 0 aromatic heterocycles. The maximum absolute atomic E-state index is 10.7. The van der Waals surface area contributed by atoms with Gasteiger partial charge in [-0.25, -0.2) is 0 Å². The van der Waals surface area contributed by atoms with Crippen molar-refractivity contribution in [3.8, 4) is 12.3 Å². The predicted molar refractivity (Wildman–Crippen MR) is 74.7 cm³/mol. The van der Waals surface area contributed by atoms with Crippen LogP contribution in [-0.4, -0.2) is 35.6 Å². The van der Waals surface area contributed by atoms with Gasteiger partial charge in [-0.15, -0.1) is 6.42 Å². The van der Waals surface area contributed by atoms with E-state index < -0.39 is 6.23 Å². The minimum atomic E-state index is -0.641. The van der Waals surface area contributed by atoms with Crippen molar-refractivity contribution in [2.75, 3.05) is 13.2 Å². The molecule has 0 bridgehead atoms. The average Bonchev–Trinajstić information content (AvgIpc) is 2.42. The van der Waals surface area contributed by atoms with Crippen LogP contribution in [0.2, 0.25) is 0 Å². The summed E-state index contributed by atoms with van der Waals surface area (Å²) in [4.78, 5) is 5.58. The molecule has 2 unspecified atom stereocenters. The van der Waals surface area contributed by atoms with E-state index in [0.717, 1.165) is 38.6 Å². The number of allylic oxidation sites excluding steroid dienone is 2. The molecule has 2 aliphatic rings. The molecular formula is C15H24N2O2. The standard InChI is InChI=1S/C15H24N2O2/c1-3-7-12-10-15(11-12,13(16)4-2)14(18)17-8-5-6-9-19-17/h1,7,13-14,18H,4-6,8-11,16H2,2H3. The third-order valence-corrected chi connectivity index (χ3v) is 4.40. The molecule has 1 heterocycles. The summed E-state index contributed by atoms with van der Waals surface area (Å²) in [5.74, 6) is 2.55. The second-order valence-electron chi connectivity index (χ2n) is 5.63. The first-order valence-electron chi connectivity index (χ1n) is 7.11. The largest absolute Gasteiger partial charge is 0.376 e. The molecule has 3 N–H and O–H groups in total. The molecule has 1 aliphatic carbocycles. The summed E-state index contributed by atoms with van der Waals surface area (Å²) in [6.45, 7) is 3.51. The highest BCUT2D eigenvalue weighted by molar-refractivity contribution is 5.29. The number of nitrogens with two attached hydrogens (primary N) is 1. The minimum absolute atomic E-state index is 0.0389. The fourth-order valence-electron chi connectivity index (χ4n) is 3.15. The van der Waals surface area contributed by atoms with E-state index in [4.69, 9.17) is 17.0 Å². The lowest BCUT2D eigenvalue weighted by atomic mass is 9.59. The van der Waals surface area contributed by atoms with Crippen LogP contribution in [0, 0.1) is 17.8 Å². The number of aliphatic hydroxyl groups excluding tert-OH is 1. The van der Waals surface area contributed by atoms with Crippen LogP contribution in [-0.2, 0) is 4.84 Å². The van der Waals surface area contributed by atoms with Gasteiger partial charge in [-0.05, 0) is 38.2 Å². The van der Waals surface area contributed by atoms with E-state index in [1.807, 2.05) is 0 Å². The molecule has 19 heavy (non-hydrogen) atoms. The molecule has 0 aromatic rings. The van der Waals surface area contributed by atoms with Crippen molar-refractivity contribution in [1.29, 1.82) is 0 Å². The van der Waals surface area contributed by atoms with Gasteiger partial charge in [-0.1, -0.05) is 18.4 Å². The molecule has 0 radical (unpaired) electrons. The van der Waals surface area contributed by atoms with Crippen molar-refractivity contribution in [1.82, 2.24) is 5.06 Å². The molecule has 0 amide bonds. The third kappa shape index (κ3) is 2.70. The molecule has 4 heteroatoms. The Balaban J connectivity index is 2.10. The molecule has 1 saturated carbocycles. The van der Waals surface area contributed by atoms with Gasteiger partial charge in [0.1, 0.15) is 6.23 Å². The van der Waals surface area contributed by atoms with Crippen LogP contribution in [0.1, 0.15) is 39.0 Å². The van der Waals surface area contributed by atoms with Crippen LogP contribution in [0.5, 0.6) is 0 Å². The molecule has 1 aliphatic heterocycles. The average molecular weight is 264 g/mol. The number of terminal acetylenes is 1. The van der Waals surface area contributed by atoms with E-state index in [9.17, 15) is 5.11 Å². The zero-order chi connectivity index (χ0) is 13.9. The zero-order valence-electron chi connectivity index (χ0n) is 11.6. The first kappa shape index (κ1) is 14.5. The number of nitrogens with zero attached hydrogens (tertiary/aromatic N) is 1. The quantitative estimate of drug-likeness (QED) is 0.754. The van der Waals surface area contributed by atoms with Gasteiger partial charge in [0.25, 0.3) is 0 Å². The van der Waals surface area contributed by atoms with Crippen LogP contribution in [0.3, 0.4) is 0 Å². The molecule has 2 rings (SSSR count). The van der Waals surface area contributed by atoms with E-state index in [1.54, 1.807) is 11.1 Å². The van der Waals surface area contributed by atoms with E-state index in [2.05, 4.69) is 12.8 Å². The minimum Gasteiger partial charge on any atom is -0.376 e. The Morgan fingerprint density at radius 1 is 1.58 bits per heavy atom. The normalized spacial score (nSPS) is 31.2. The van der Waals surface area contributed by atoms with Gasteiger partial charge in [-0.3, -0.25) is 4.84 Å². The lowest BCUT2D eigenvalue weighted by molar-refractivity contribution is -0.293. The van der Waals surface area contributed by atoms with Gasteiger partial charge in [0, 0.05) is 18.0 Å². The molecule has 106 valence electrons. The summed E-state index contributed by atoms with van der Waals surface area (Å²) in [6.07, 6.45) is 10.9. The Morgan fingerprint density at radius 3 is 2.84 bits per heavy atom. The third-order valence-electron chi connectivity index (χ3n) is 4.40. The Morgan fingerprint density at radius 2 is 2.32 bits per heavy atom. The summed E-state index contributed by atoms with van der Waals surface area (Å²) in [5.41, 5.74) is 7.14. The lowest BCUT2D eigenvalue weighted by Gasteiger charge is -2.53. The first-order chi connectivity index (χ1) is 9.14. The van der Waals surface area contributed by atoms with Gasteiger partial charge in [0.05, 0.1) is 6.61 Å². The molecule has 0 spiro atoms. The van der Waals surface area contributed by atoms with Gasteiger partial charge < -0.3 is 10.8 Å². The van der Waals surface area contributed by atoms with Crippen LogP contribution in [0.15, 0.2) is 11.6 Å². The second-order valence-corrected chi connectivity index (χ2v) is 5.63. The maximum atomic E-state index is 10.7. The summed E-state index contributed by atoms with van der Waals surface area (Å²) in [5, 5.41) is 12.4. The fourth-order valence-corrected chi connectivity index (χ4v) is 3.15. The smallest absolute Gasteiger partial charge is 0.137 e. The molecule has 4 nitrogen and oxygen atoms in total. The van der Waals surface area contributed by atoms with Crippen molar-refractivity contribution >= 4 is 0 Å². The number of hydroxylamine groups is 2. The SMILES string of the molecule is C#CC=C1CC(C(N)CC)(C(O)N2CCCCO2)C1. The summed E-state index contributed by atoms with van der Waals surface area (Å²) in [7, 11) is 0. The number of hydrogen-bond donors (Lipinski definition) is 2. The van der Waals surface area contributed by atoms with E-state index in [1.165, 1.54) is 5.57 Å². The second kappa shape index (κ2) is 6.06. The predicted octanol–water partition coefficient (Wildman–Crippen LogP) is 1.41. The summed E-state index contributed by atoms with van der Waals surface area (Å²) in [6, 6.07) is -0.0389. The van der Waals surface area contributed by atoms with Gasteiger partial charge in [-0.2, -0.15) is 5.06 Å². The van der Waals surface area contributed by atoms with Crippen LogP contribution >= 0.6 is 0 Å². The van der Waals surface area contributed by atoms with Gasteiger partial charge in [0.2, 0.25) is 0 Å². The molecule has 1 saturated heterocycles. The monoisotopic (exact) mass is 264 g/mol. The van der Waals surface area contributed by atoms with Crippen molar-refractivity contribution < 1.29 is 9.94 Å². The maximum Gasteiger partial charge on any atom is 0.137 e. The van der Waals surface area contributed by atoms with Crippen molar-refractivity contribution in [3.63, 3.8) is 0 Å². The highest BCUT2D eigenvalue weighted by Gasteiger charge is 2.52. The van der Waals surface area contributed by atoms with Gasteiger partial charge >= 0.3 is 0 Å². The summed E-state index contributed by atoms with van der Waals surface area (Å²) < 4.78 is 0. The fraction of sp³-hybridized carbons (Fsp3) is 0.733. The Kier molecular flexibility index (Phi) is 4.64. The van der Waals surface area contributed by atoms with Crippen molar-refractivity contribution in [3.05, 3.63) is 11.6 Å². The number of aliphatic hydroxyl groups is 1. The van der Waals surface area contributed by atoms with Crippen molar-refractivity contribution in [2.24, 2.45) is 11.1 Å². The Bertz CT molecular complexity index is 372. The summed E-state index contributed by atoms with van der Waals surface area (Å²) >= 11 is 0. The number of hydrogen-bond acceptors (Lipinski definition) is 4. The van der Waals surface area contributed by atoms with Crippen LogP contribution in [0.4, 0.5) is 0 Å². The molecular weight excluding hydrogens is 240 g/mol. The van der Waals surface area contributed by atoms with Crippen LogP contribution in [0.25, 0.3) is 0 Å². The molecule has 2 fully saturated rings. The molecule has 2 atom stereocenters. The Labute approximate surface area is 115 Å².